The Balaban J connectivity index is 1.95. The van der Waals surface area contributed by atoms with Gasteiger partial charge in [0.25, 0.3) is 0 Å². The highest BCUT2D eigenvalue weighted by atomic mass is 16.3. The van der Waals surface area contributed by atoms with Crippen LogP contribution < -0.4 is 10.6 Å². The van der Waals surface area contributed by atoms with Gasteiger partial charge in [-0.3, -0.25) is 0 Å². The highest BCUT2D eigenvalue weighted by Gasteiger charge is 2.17. The van der Waals surface area contributed by atoms with E-state index in [0.29, 0.717) is 11.8 Å². The molecule has 0 aromatic rings. The van der Waals surface area contributed by atoms with Gasteiger partial charge in [0.2, 0.25) is 0 Å². The predicted molar refractivity (Wildman–Crippen MR) is 61.7 cm³/mol. The standard InChI is InChI=1S/C12H20N2O/c1-9-2-3-11(12(15)8-9)14-10-4-6-13-7-5-10/h8,10,13-15H,2-7H2,1H3. The third-order valence-electron chi connectivity index (χ3n) is 3.18. The number of piperidine rings is 1. The van der Waals surface area contributed by atoms with Crippen molar-refractivity contribution in [2.75, 3.05) is 13.1 Å². The molecule has 2 rings (SSSR count). The summed E-state index contributed by atoms with van der Waals surface area (Å²) in [6.07, 6.45) is 6.21. The van der Waals surface area contributed by atoms with Gasteiger partial charge >= 0.3 is 0 Å². The number of hydrogen-bond acceptors (Lipinski definition) is 3. The highest BCUT2D eigenvalue weighted by Crippen LogP contribution is 2.21. The lowest BCUT2D eigenvalue weighted by Gasteiger charge is -2.27. The molecule has 0 aromatic heterocycles. The Morgan fingerprint density at radius 1 is 1.33 bits per heavy atom. The van der Waals surface area contributed by atoms with E-state index in [1.807, 2.05) is 6.08 Å². The van der Waals surface area contributed by atoms with Crippen LogP contribution in [0.4, 0.5) is 0 Å². The van der Waals surface area contributed by atoms with E-state index < -0.39 is 0 Å². The minimum Gasteiger partial charge on any atom is -0.506 e. The molecule has 3 heteroatoms. The smallest absolute Gasteiger partial charge is 0.134 e. The van der Waals surface area contributed by atoms with Crippen LogP contribution in [0.25, 0.3) is 0 Å². The summed E-state index contributed by atoms with van der Waals surface area (Å²) in [7, 11) is 0. The van der Waals surface area contributed by atoms with Gasteiger partial charge in [-0.2, -0.15) is 0 Å². The minimum atomic E-state index is 0.442. The molecule has 1 heterocycles. The van der Waals surface area contributed by atoms with Crippen LogP contribution in [0.15, 0.2) is 23.1 Å². The zero-order valence-corrected chi connectivity index (χ0v) is 9.34. The molecule has 2 aliphatic rings. The Kier molecular flexibility index (Phi) is 3.31. The lowest BCUT2D eigenvalue weighted by Crippen LogP contribution is -2.40. The predicted octanol–water partition coefficient (Wildman–Crippen LogP) is 1.84. The van der Waals surface area contributed by atoms with Crippen LogP contribution in [0, 0.1) is 0 Å². The summed E-state index contributed by atoms with van der Waals surface area (Å²) in [5, 5.41) is 16.6. The second-order valence-corrected chi connectivity index (χ2v) is 4.52. The van der Waals surface area contributed by atoms with Gasteiger partial charge in [0.15, 0.2) is 0 Å². The SMILES string of the molecule is CC1=CC(O)=C(NC2CCNCC2)CC1. The third-order valence-corrected chi connectivity index (χ3v) is 3.18. The highest BCUT2D eigenvalue weighted by molar-refractivity contribution is 5.27. The number of hydrogen-bond donors (Lipinski definition) is 3. The largest absolute Gasteiger partial charge is 0.506 e. The quantitative estimate of drug-likeness (QED) is 0.649. The van der Waals surface area contributed by atoms with Crippen LogP contribution in [0.2, 0.25) is 0 Å². The van der Waals surface area contributed by atoms with Gasteiger partial charge in [-0.15, -0.1) is 0 Å². The van der Waals surface area contributed by atoms with Crippen molar-refractivity contribution in [1.82, 2.24) is 10.6 Å². The molecule has 15 heavy (non-hydrogen) atoms. The van der Waals surface area contributed by atoms with Gasteiger partial charge in [0, 0.05) is 6.04 Å². The van der Waals surface area contributed by atoms with E-state index in [1.165, 1.54) is 5.57 Å². The first kappa shape index (κ1) is 10.6. The summed E-state index contributed by atoms with van der Waals surface area (Å²) in [6, 6.07) is 0.537. The monoisotopic (exact) mass is 208 g/mol. The Morgan fingerprint density at radius 3 is 2.73 bits per heavy atom. The molecule has 0 saturated carbocycles. The number of aliphatic hydroxyl groups is 1. The Morgan fingerprint density at radius 2 is 2.07 bits per heavy atom. The molecule has 0 spiro atoms. The van der Waals surface area contributed by atoms with Gasteiger partial charge in [-0.1, -0.05) is 5.57 Å². The maximum Gasteiger partial charge on any atom is 0.134 e. The molecule has 0 amide bonds. The van der Waals surface area contributed by atoms with Crippen molar-refractivity contribution in [3.63, 3.8) is 0 Å². The fourth-order valence-electron chi connectivity index (χ4n) is 2.20. The minimum absolute atomic E-state index is 0.442. The first-order chi connectivity index (χ1) is 7.25. The number of rotatable bonds is 2. The average molecular weight is 208 g/mol. The Bertz CT molecular complexity index is 288. The van der Waals surface area contributed by atoms with Gasteiger partial charge < -0.3 is 15.7 Å². The van der Waals surface area contributed by atoms with Crippen molar-refractivity contribution >= 4 is 0 Å². The normalized spacial score (nSPS) is 23.9. The lowest BCUT2D eigenvalue weighted by molar-refractivity contribution is 0.374. The number of allylic oxidation sites excluding steroid dienone is 3. The van der Waals surface area contributed by atoms with Gasteiger partial charge in [-0.05, 0) is 51.8 Å². The maximum absolute atomic E-state index is 9.80. The summed E-state index contributed by atoms with van der Waals surface area (Å²) in [6.45, 7) is 4.23. The second-order valence-electron chi connectivity index (χ2n) is 4.52. The topological polar surface area (TPSA) is 44.3 Å². The molecule has 0 radical (unpaired) electrons. The molecule has 0 atom stereocenters. The maximum atomic E-state index is 9.80. The first-order valence-electron chi connectivity index (χ1n) is 5.82. The fraction of sp³-hybridized carbons (Fsp3) is 0.667. The van der Waals surface area contributed by atoms with Crippen molar-refractivity contribution in [2.24, 2.45) is 0 Å². The van der Waals surface area contributed by atoms with E-state index in [1.54, 1.807) is 0 Å². The van der Waals surface area contributed by atoms with Crippen molar-refractivity contribution in [1.29, 1.82) is 0 Å². The van der Waals surface area contributed by atoms with E-state index >= 15 is 0 Å². The van der Waals surface area contributed by atoms with Crippen molar-refractivity contribution < 1.29 is 5.11 Å². The zero-order chi connectivity index (χ0) is 10.7. The van der Waals surface area contributed by atoms with Crippen LogP contribution in [-0.2, 0) is 0 Å². The molecule has 0 bridgehead atoms. The number of nitrogens with one attached hydrogen (secondary N) is 2. The average Bonchev–Trinajstić information content (AvgIpc) is 2.24. The fourth-order valence-corrected chi connectivity index (χ4v) is 2.20. The van der Waals surface area contributed by atoms with Gasteiger partial charge in [-0.25, -0.2) is 0 Å². The van der Waals surface area contributed by atoms with Crippen LogP contribution in [0.5, 0.6) is 0 Å². The van der Waals surface area contributed by atoms with Crippen molar-refractivity contribution in [3.05, 3.63) is 23.1 Å². The van der Waals surface area contributed by atoms with Crippen LogP contribution >= 0.6 is 0 Å². The summed E-state index contributed by atoms with van der Waals surface area (Å²) in [5.74, 6) is 0.442. The first-order valence-corrected chi connectivity index (χ1v) is 5.82. The van der Waals surface area contributed by atoms with Crippen molar-refractivity contribution in [3.8, 4) is 0 Å². The summed E-state index contributed by atoms with van der Waals surface area (Å²) in [5.41, 5.74) is 2.30. The summed E-state index contributed by atoms with van der Waals surface area (Å²) >= 11 is 0. The lowest BCUT2D eigenvalue weighted by atomic mass is 10.0. The zero-order valence-electron chi connectivity index (χ0n) is 9.34. The summed E-state index contributed by atoms with van der Waals surface area (Å²) < 4.78 is 0. The molecule has 1 fully saturated rings. The van der Waals surface area contributed by atoms with E-state index in [2.05, 4.69) is 17.6 Å². The van der Waals surface area contributed by atoms with E-state index in [9.17, 15) is 5.11 Å². The molecule has 0 unspecified atom stereocenters. The molecule has 1 aliphatic heterocycles. The van der Waals surface area contributed by atoms with Crippen LogP contribution in [0.3, 0.4) is 0 Å². The molecule has 84 valence electrons. The van der Waals surface area contributed by atoms with E-state index in [4.69, 9.17) is 0 Å². The Hall–Kier alpha value is -0.960. The molecular formula is C12H20N2O. The van der Waals surface area contributed by atoms with Crippen LogP contribution in [-0.4, -0.2) is 24.2 Å². The van der Waals surface area contributed by atoms with E-state index in [-0.39, 0.29) is 0 Å². The second kappa shape index (κ2) is 4.71. The molecule has 1 saturated heterocycles. The third kappa shape index (κ3) is 2.75. The molecule has 0 aromatic carbocycles. The van der Waals surface area contributed by atoms with Gasteiger partial charge in [0.1, 0.15) is 5.76 Å². The van der Waals surface area contributed by atoms with E-state index in [0.717, 1.165) is 44.5 Å². The molecular weight excluding hydrogens is 188 g/mol. The number of aliphatic hydroxyl groups excluding tert-OH is 1. The molecule has 1 aliphatic carbocycles. The molecule has 3 N–H and O–H groups in total. The van der Waals surface area contributed by atoms with Crippen LogP contribution in [0.1, 0.15) is 32.6 Å². The Labute approximate surface area is 91.3 Å². The molecule has 3 nitrogen and oxygen atoms in total. The van der Waals surface area contributed by atoms with Crippen molar-refractivity contribution in [2.45, 2.75) is 38.6 Å². The van der Waals surface area contributed by atoms with Gasteiger partial charge in [0.05, 0.1) is 5.70 Å². The summed E-state index contributed by atoms with van der Waals surface area (Å²) in [4.78, 5) is 0.